The Labute approximate surface area is 163 Å². The molecule has 29 heavy (non-hydrogen) atoms. The van der Waals surface area contributed by atoms with Crippen LogP contribution in [0.25, 0.3) is 11.1 Å². The Morgan fingerprint density at radius 2 is 1.86 bits per heavy atom. The SMILES string of the molecule is O=C(Nc1ccc(-c2ccc(F)cc2)cc1)O[C@@H]1COc2nc([N+](=O)[O-])cn2C1. The molecule has 1 amide bonds. The molecule has 10 heteroatoms. The number of carbonyl (C=O) groups is 1. The number of benzene rings is 2. The first-order valence-corrected chi connectivity index (χ1v) is 8.66. The molecule has 0 saturated heterocycles. The van der Waals surface area contributed by atoms with Gasteiger partial charge < -0.3 is 19.6 Å². The summed E-state index contributed by atoms with van der Waals surface area (Å²) >= 11 is 0. The number of ether oxygens (including phenoxy) is 2. The van der Waals surface area contributed by atoms with Gasteiger partial charge in [0.1, 0.15) is 18.6 Å². The van der Waals surface area contributed by atoms with Crippen molar-refractivity contribution in [2.75, 3.05) is 11.9 Å². The van der Waals surface area contributed by atoms with Crippen LogP contribution >= 0.6 is 0 Å². The maximum atomic E-state index is 13.0. The Morgan fingerprint density at radius 3 is 2.52 bits per heavy atom. The van der Waals surface area contributed by atoms with Gasteiger partial charge in [0.25, 0.3) is 0 Å². The van der Waals surface area contributed by atoms with Crippen LogP contribution < -0.4 is 10.1 Å². The van der Waals surface area contributed by atoms with Crippen LogP contribution in [0.2, 0.25) is 0 Å². The zero-order chi connectivity index (χ0) is 20.4. The smallest absolute Gasteiger partial charge is 0.414 e. The Kier molecular flexibility index (Phi) is 4.82. The number of nitrogens with one attached hydrogen (secondary N) is 1. The molecule has 4 rings (SSSR count). The van der Waals surface area contributed by atoms with Gasteiger partial charge >= 0.3 is 17.9 Å². The highest BCUT2D eigenvalue weighted by Crippen LogP contribution is 2.24. The number of fused-ring (bicyclic) bond motifs is 1. The van der Waals surface area contributed by atoms with Gasteiger partial charge in [-0.3, -0.25) is 9.88 Å². The third-order valence-corrected chi connectivity index (χ3v) is 4.30. The largest absolute Gasteiger partial charge is 0.442 e. The second-order valence-corrected chi connectivity index (χ2v) is 6.34. The van der Waals surface area contributed by atoms with Gasteiger partial charge in [-0.25, -0.2) is 9.18 Å². The van der Waals surface area contributed by atoms with Crippen molar-refractivity contribution in [2.24, 2.45) is 0 Å². The van der Waals surface area contributed by atoms with Crippen molar-refractivity contribution in [2.45, 2.75) is 12.6 Å². The van der Waals surface area contributed by atoms with Crippen LogP contribution in [0.5, 0.6) is 6.01 Å². The number of carbonyl (C=O) groups excluding carboxylic acids is 1. The third kappa shape index (κ3) is 4.15. The minimum Gasteiger partial charge on any atom is -0.442 e. The first-order chi connectivity index (χ1) is 14.0. The molecule has 2 aromatic carbocycles. The number of anilines is 1. The summed E-state index contributed by atoms with van der Waals surface area (Å²) in [6, 6.07) is 13.2. The quantitative estimate of drug-likeness (QED) is 0.531. The van der Waals surface area contributed by atoms with E-state index >= 15 is 0 Å². The predicted octanol–water partition coefficient (Wildman–Crippen LogP) is 3.61. The molecule has 1 atom stereocenters. The highest BCUT2D eigenvalue weighted by Gasteiger charge is 2.29. The molecule has 1 N–H and O–H groups in total. The molecule has 1 aromatic heterocycles. The van der Waals surface area contributed by atoms with Crippen molar-refractivity contribution in [3.8, 4) is 17.1 Å². The van der Waals surface area contributed by atoms with E-state index in [9.17, 15) is 19.3 Å². The number of rotatable bonds is 4. The summed E-state index contributed by atoms with van der Waals surface area (Å²) in [4.78, 5) is 26.0. The number of nitrogens with zero attached hydrogens (tertiary/aromatic N) is 3. The van der Waals surface area contributed by atoms with Gasteiger partial charge in [-0.2, -0.15) is 0 Å². The number of amides is 1. The van der Waals surface area contributed by atoms with Crippen molar-refractivity contribution in [1.82, 2.24) is 9.55 Å². The lowest BCUT2D eigenvalue weighted by molar-refractivity contribution is -0.389. The van der Waals surface area contributed by atoms with Crippen LogP contribution in [-0.2, 0) is 11.3 Å². The highest BCUT2D eigenvalue weighted by molar-refractivity contribution is 5.85. The standard InChI is InChI=1S/C19H15FN4O5/c20-14-5-1-12(2-6-14)13-3-7-15(8-4-13)21-19(25)29-16-9-23-10-17(24(26)27)22-18(23)28-11-16/h1-8,10,16H,9,11H2,(H,21,25)/t16-/m0/s1. The van der Waals surface area contributed by atoms with Gasteiger partial charge in [0.05, 0.1) is 6.54 Å². The summed E-state index contributed by atoms with van der Waals surface area (Å²) in [5.41, 5.74) is 2.25. The van der Waals surface area contributed by atoms with Crippen LogP contribution in [0, 0.1) is 15.9 Å². The molecule has 2 heterocycles. The van der Waals surface area contributed by atoms with Crippen LogP contribution in [0.15, 0.2) is 54.7 Å². The maximum absolute atomic E-state index is 13.0. The van der Waals surface area contributed by atoms with Crippen LogP contribution in [0.1, 0.15) is 0 Å². The molecule has 0 radical (unpaired) electrons. The van der Waals surface area contributed by atoms with Crippen LogP contribution in [0.4, 0.5) is 20.7 Å². The lowest BCUT2D eigenvalue weighted by atomic mass is 10.1. The number of nitro groups is 1. The van der Waals surface area contributed by atoms with Crippen molar-refractivity contribution < 1.29 is 23.6 Å². The normalized spacial score (nSPS) is 15.1. The molecule has 0 saturated carbocycles. The molecule has 9 nitrogen and oxygen atoms in total. The Balaban J connectivity index is 1.35. The first kappa shape index (κ1) is 18.4. The average molecular weight is 398 g/mol. The van der Waals surface area contributed by atoms with Crippen molar-refractivity contribution >= 4 is 17.6 Å². The van der Waals surface area contributed by atoms with E-state index in [0.29, 0.717) is 5.69 Å². The molecule has 0 unspecified atom stereocenters. The van der Waals surface area contributed by atoms with E-state index in [4.69, 9.17) is 9.47 Å². The molecule has 1 aliphatic rings. The van der Waals surface area contributed by atoms with E-state index in [0.717, 1.165) is 11.1 Å². The van der Waals surface area contributed by atoms with Crippen LogP contribution in [0.3, 0.4) is 0 Å². The zero-order valence-corrected chi connectivity index (χ0v) is 14.9. The number of imidazole rings is 1. The van der Waals surface area contributed by atoms with Gasteiger partial charge in [0, 0.05) is 10.7 Å². The van der Waals surface area contributed by atoms with Crippen LogP contribution in [-0.4, -0.2) is 33.3 Å². The van der Waals surface area contributed by atoms with Crippen molar-refractivity contribution in [1.29, 1.82) is 0 Å². The number of aromatic nitrogens is 2. The van der Waals surface area contributed by atoms with Gasteiger partial charge in [0.2, 0.25) is 0 Å². The molecule has 0 fully saturated rings. The number of halogens is 1. The predicted molar refractivity (Wildman–Crippen MR) is 100 cm³/mol. The minimum absolute atomic E-state index is 0.0467. The molecule has 0 bridgehead atoms. The fourth-order valence-electron chi connectivity index (χ4n) is 2.92. The number of hydrogen-bond acceptors (Lipinski definition) is 6. The fourth-order valence-corrected chi connectivity index (χ4v) is 2.92. The van der Waals surface area contributed by atoms with E-state index in [-0.39, 0.29) is 30.8 Å². The molecule has 3 aromatic rings. The van der Waals surface area contributed by atoms with E-state index in [2.05, 4.69) is 10.3 Å². The summed E-state index contributed by atoms with van der Waals surface area (Å²) in [7, 11) is 0. The number of hydrogen-bond donors (Lipinski definition) is 1. The lowest BCUT2D eigenvalue weighted by Crippen LogP contribution is -2.35. The summed E-state index contributed by atoms with van der Waals surface area (Å²) in [6.45, 7) is 0.248. The zero-order valence-electron chi connectivity index (χ0n) is 14.9. The van der Waals surface area contributed by atoms with Gasteiger partial charge in [0.15, 0.2) is 6.10 Å². The van der Waals surface area contributed by atoms with Gasteiger partial charge in [-0.1, -0.05) is 24.3 Å². The van der Waals surface area contributed by atoms with E-state index in [1.54, 1.807) is 36.4 Å². The third-order valence-electron chi connectivity index (χ3n) is 4.30. The van der Waals surface area contributed by atoms with Gasteiger partial charge in [-0.05, 0) is 40.3 Å². The second kappa shape index (κ2) is 7.58. The van der Waals surface area contributed by atoms with E-state index < -0.39 is 17.1 Å². The molecular weight excluding hydrogens is 383 g/mol. The maximum Gasteiger partial charge on any atom is 0.414 e. The molecule has 0 aliphatic carbocycles. The van der Waals surface area contributed by atoms with Crippen molar-refractivity contribution in [3.63, 3.8) is 0 Å². The van der Waals surface area contributed by atoms with Crippen molar-refractivity contribution in [3.05, 3.63) is 70.7 Å². The summed E-state index contributed by atoms with van der Waals surface area (Å²) in [5.74, 6) is -0.634. The fraction of sp³-hybridized carbons (Fsp3) is 0.158. The molecule has 0 spiro atoms. The van der Waals surface area contributed by atoms with E-state index in [1.165, 1.54) is 22.9 Å². The Morgan fingerprint density at radius 1 is 1.21 bits per heavy atom. The first-order valence-electron chi connectivity index (χ1n) is 8.66. The van der Waals surface area contributed by atoms with E-state index in [1.807, 2.05) is 0 Å². The molecule has 1 aliphatic heterocycles. The molecule has 148 valence electrons. The summed E-state index contributed by atoms with van der Waals surface area (Å²) < 4.78 is 25.1. The highest BCUT2D eigenvalue weighted by atomic mass is 19.1. The minimum atomic E-state index is -0.675. The van der Waals surface area contributed by atoms with Gasteiger partial charge in [-0.15, -0.1) is 0 Å². The molecular formula is C19H15FN4O5. The Hall–Kier alpha value is -3.95. The summed E-state index contributed by atoms with van der Waals surface area (Å²) in [5, 5.41) is 13.4. The average Bonchev–Trinajstić information content (AvgIpc) is 3.13. The topological polar surface area (TPSA) is 109 Å². The second-order valence-electron chi connectivity index (χ2n) is 6.34. The monoisotopic (exact) mass is 398 g/mol. The Bertz CT molecular complexity index is 1050. The lowest BCUT2D eigenvalue weighted by Gasteiger charge is -2.22. The summed E-state index contributed by atoms with van der Waals surface area (Å²) in [6.07, 6.45) is -0.0577.